The zero-order valence-electron chi connectivity index (χ0n) is 15.0. The van der Waals surface area contributed by atoms with Crippen molar-refractivity contribution in [1.82, 2.24) is 4.90 Å². The highest BCUT2D eigenvalue weighted by Gasteiger charge is 2.69. The number of hydrogen-bond acceptors (Lipinski definition) is 3. The summed E-state index contributed by atoms with van der Waals surface area (Å²) >= 11 is 0. The number of anilines is 1. The van der Waals surface area contributed by atoms with E-state index in [1.54, 1.807) is 6.92 Å². The molecule has 1 saturated carbocycles. The van der Waals surface area contributed by atoms with Gasteiger partial charge >= 0.3 is 0 Å². The number of carbonyl (C=O) groups is 1. The van der Waals surface area contributed by atoms with Gasteiger partial charge in [-0.25, -0.2) is 0 Å². The van der Waals surface area contributed by atoms with Crippen LogP contribution in [0, 0.1) is 17.8 Å². The zero-order valence-corrected chi connectivity index (χ0v) is 15.0. The average molecular weight is 338 g/mol. The van der Waals surface area contributed by atoms with E-state index in [0.717, 1.165) is 6.61 Å². The Labute approximate surface area is 149 Å². The number of para-hydroxylation sites is 1. The minimum atomic E-state index is 0.123. The number of amides is 1. The highest BCUT2D eigenvalue weighted by Crippen LogP contribution is 2.64. The fourth-order valence-corrected chi connectivity index (χ4v) is 7.43. The van der Waals surface area contributed by atoms with Crippen LogP contribution < -0.4 is 4.90 Å². The Morgan fingerprint density at radius 1 is 1.24 bits per heavy atom. The monoisotopic (exact) mass is 338 g/mol. The second-order valence-electron chi connectivity index (χ2n) is 8.92. The molecule has 25 heavy (non-hydrogen) atoms. The van der Waals surface area contributed by atoms with E-state index in [2.05, 4.69) is 41.0 Å². The molecule has 6 rings (SSSR count). The van der Waals surface area contributed by atoms with Crippen molar-refractivity contribution in [3.8, 4) is 0 Å². The predicted octanol–water partition coefficient (Wildman–Crippen LogP) is 2.42. The van der Waals surface area contributed by atoms with E-state index in [1.807, 2.05) is 0 Å². The molecule has 0 aromatic heterocycles. The van der Waals surface area contributed by atoms with Gasteiger partial charge in [0.05, 0.1) is 18.8 Å². The lowest BCUT2D eigenvalue weighted by atomic mass is 9.53. The number of fused-ring (bicyclic) bond motifs is 2. The van der Waals surface area contributed by atoms with Crippen molar-refractivity contribution in [2.24, 2.45) is 17.8 Å². The van der Waals surface area contributed by atoms with E-state index in [1.165, 1.54) is 37.2 Å². The van der Waals surface area contributed by atoms with Crippen LogP contribution in [0.15, 0.2) is 24.3 Å². The first-order valence-corrected chi connectivity index (χ1v) is 9.88. The SMILES string of the molecule is CC(=O)N1c2ccccc2[C@]23CCN4C[C@@H]5[C@H](C[C@H]42)[C@@H](CO[C@H]5C)[C@H]13. The van der Waals surface area contributed by atoms with Crippen LogP contribution >= 0.6 is 0 Å². The fourth-order valence-electron chi connectivity index (χ4n) is 7.43. The Balaban J connectivity index is 1.60. The van der Waals surface area contributed by atoms with Crippen LogP contribution in [0.1, 0.15) is 32.3 Å². The molecule has 0 radical (unpaired) electrons. The summed E-state index contributed by atoms with van der Waals surface area (Å²) in [7, 11) is 0. The molecule has 3 saturated heterocycles. The zero-order chi connectivity index (χ0) is 16.9. The molecule has 2 bridgehead atoms. The van der Waals surface area contributed by atoms with Crippen LogP contribution in [0.25, 0.3) is 0 Å². The van der Waals surface area contributed by atoms with Crippen molar-refractivity contribution < 1.29 is 9.53 Å². The van der Waals surface area contributed by atoms with Crippen molar-refractivity contribution in [2.75, 3.05) is 24.6 Å². The average Bonchev–Trinajstić information content (AvgIpc) is 3.14. The largest absolute Gasteiger partial charge is 0.378 e. The van der Waals surface area contributed by atoms with Gasteiger partial charge < -0.3 is 9.64 Å². The van der Waals surface area contributed by atoms with Crippen molar-refractivity contribution in [1.29, 1.82) is 0 Å². The third-order valence-electron chi connectivity index (χ3n) is 8.26. The smallest absolute Gasteiger partial charge is 0.224 e. The topological polar surface area (TPSA) is 32.8 Å². The summed E-state index contributed by atoms with van der Waals surface area (Å²) < 4.78 is 6.27. The molecule has 1 aromatic carbocycles. The lowest BCUT2D eigenvalue weighted by Gasteiger charge is -2.60. The molecular weight excluding hydrogens is 312 g/mol. The van der Waals surface area contributed by atoms with Crippen LogP contribution in [0.3, 0.4) is 0 Å². The van der Waals surface area contributed by atoms with Crippen molar-refractivity contribution >= 4 is 11.6 Å². The van der Waals surface area contributed by atoms with Crippen LogP contribution in [0.5, 0.6) is 0 Å². The number of carbonyl (C=O) groups excluding carboxylic acids is 1. The van der Waals surface area contributed by atoms with Crippen LogP contribution in [-0.2, 0) is 14.9 Å². The first kappa shape index (κ1) is 14.7. The summed E-state index contributed by atoms with van der Waals surface area (Å²) in [4.78, 5) is 17.6. The second kappa shape index (κ2) is 4.66. The van der Waals surface area contributed by atoms with Crippen molar-refractivity contribution in [2.45, 2.75) is 50.3 Å². The fraction of sp³-hybridized carbons (Fsp3) is 0.667. The normalized spacial score (nSPS) is 46.7. The molecule has 5 aliphatic rings. The number of nitrogens with zero attached hydrogens (tertiary/aromatic N) is 2. The lowest BCUT2D eigenvalue weighted by molar-refractivity contribution is -0.153. The molecule has 0 N–H and O–H groups in total. The van der Waals surface area contributed by atoms with Gasteiger partial charge in [-0.2, -0.15) is 0 Å². The van der Waals surface area contributed by atoms with Gasteiger partial charge in [-0.1, -0.05) is 18.2 Å². The Hall–Kier alpha value is -1.39. The molecule has 1 spiro atoms. The number of piperidine rings is 1. The van der Waals surface area contributed by atoms with Crippen molar-refractivity contribution in [3.63, 3.8) is 0 Å². The van der Waals surface area contributed by atoms with E-state index >= 15 is 0 Å². The maximum Gasteiger partial charge on any atom is 0.224 e. The lowest BCUT2D eigenvalue weighted by Crippen LogP contribution is -2.69. The summed E-state index contributed by atoms with van der Waals surface area (Å²) in [6.45, 7) is 7.18. The first-order chi connectivity index (χ1) is 12.1. The van der Waals surface area contributed by atoms with Gasteiger partial charge in [0.1, 0.15) is 0 Å². The summed E-state index contributed by atoms with van der Waals surface area (Å²) in [5.74, 6) is 2.01. The molecule has 0 unspecified atom stereocenters. The number of ether oxygens (including phenoxy) is 1. The van der Waals surface area contributed by atoms with E-state index in [0.29, 0.717) is 29.9 Å². The minimum Gasteiger partial charge on any atom is -0.378 e. The van der Waals surface area contributed by atoms with Gasteiger partial charge in [0, 0.05) is 42.4 Å². The van der Waals surface area contributed by atoms with E-state index in [4.69, 9.17) is 4.74 Å². The van der Waals surface area contributed by atoms with Gasteiger partial charge in [-0.3, -0.25) is 9.69 Å². The molecule has 1 aliphatic carbocycles. The van der Waals surface area contributed by atoms with Crippen LogP contribution in [0.4, 0.5) is 5.69 Å². The Bertz CT molecular complexity index is 764. The maximum absolute atomic E-state index is 12.8. The summed E-state index contributed by atoms with van der Waals surface area (Å²) in [5, 5.41) is 0. The minimum absolute atomic E-state index is 0.123. The standard InChI is InChI=1S/C21H26N2O2/c1-12-15-10-22-8-7-21-17-5-3-4-6-18(17)23(13(2)24)20(21)16(11-25-12)14(15)9-19(21)22/h3-6,12,14-16,19-20H,7-11H2,1-2H3/t12-,14-,15-,16+,19-,20-,21+/m0/s1. The van der Waals surface area contributed by atoms with E-state index < -0.39 is 0 Å². The maximum atomic E-state index is 12.8. The Morgan fingerprint density at radius 2 is 2.08 bits per heavy atom. The third-order valence-corrected chi connectivity index (χ3v) is 8.26. The molecule has 1 amide bonds. The second-order valence-corrected chi connectivity index (χ2v) is 8.92. The third kappa shape index (κ3) is 1.55. The van der Waals surface area contributed by atoms with Gasteiger partial charge in [-0.05, 0) is 43.9 Å². The molecule has 1 aromatic rings. The molecule has 4 nitrogen and oxygen atoms in total. The highest BCUT2D eigenvalue weighted by atomic mass is 16.5. The molecule has 4 heterocycles. The summed E-state index contributed by atoms with van der Waals surface area (Å²) in [6, 6.07) is 9.60. The Kier molecular flexibility index (Phi) is 2.75. The van der Waals surface area contributed by atoms with Gasteiger partial charge in [0.2, 0.25) is 5.91 Å². The predicted molar refractivity (Wildman–Crippen MR) is 95.5 cm³/mol. The van der Waals surface area contributed by atoms with Gasteiger partial charge in [-0.15, -0.1) is 0 Å². The van der Waals surface area contributed by atoms with Crippen LogP contribution in [-0.4, -0.2) is 48.7 Å². The van der Waals surface area contributed by atoms with Gasteiger partial charge in [0.15, 0.2) is 0 Å². The van der Waals surface area contributed by atoms with E-state index in [9.17, 15) is 4.79 Å². The quantitative estimate of drug-likeness (QED) is 0.728. The number of benzene rings is 1. The molecule has 7 atom stereocenters. The number of rotatable bonds is 0. The van der Waals surface area contributed by atoms with Gasteiger partial charge in [0.25, 0.3) is 0 Å². The van der Waals surface area contributed by atoms with Crippen LogP contribution in [0.2, 0.25) is 0 Å². The molecule has 4 aliphatic heterocycles. The summed E-state index contributed by atoms with van der Waals surface area (Å²) in [6.07, 6.45) is 2.83. The highest BCUT2D eigenvalue weighted by molar-refractivity contribution is 5.96. The number of hydrogen-bond donors (Lipinski definition) is 0. The van der Waals surface area contributed by atoms with Crippen molar-refractivity contribution in [3.05, 3.63) is 29.8 Å². The molecule has 4 heteroatoms. The Morgan fingerprint density at radius 3 is 2.92 bits per heavy atom. The molecular formula is C21H26N2O2. The van der Waals surface area contributed by atoms with E-state index in [-0.39, 0.29) is 17.4 Å². The molecule has 132 valence electrons. The molecule has 4 fully saturated rings. The summed E-state index contributed by atoms with van der Waals surface area (Å²) in [5.41, 5.74) is 2.72. The first-order valence-electron chi connectivity index (χ1n) is 9.88.